The van der Waals surface area contributed by atoms with Crippen LogP contribution in [0.2, 0.25) is 0 Å². The van der Waals surface area contributed by atoms with Crippen molar-refractivity contribution < 1.29 is 17.5 Å². The zero-order valence-corrected chi connectivity index (χ0v) is 10.8. The molecular weight excluding hydrogens is 259 g/mol. The molecule has 1 aliphatic rings. The molecule has 1 aromatic rings. The maximum atomic E-state index is 13.7. The van der Waals surface area contributed by atoms with Gasteiger partial charge in [-0.3, -0.25) is 0 Å². The molecule has 0 saturated carbocycles. The van der Waals surface area contributed by atoms with E-state index < -0.39 is 15.8 Å². The van der Waals surface area contributed by atoms with E-state index in [2.05, 4.69) is 0 Å². The molecule has 0 spiro atoms. The quantitative estimate of drug-likeness (QED) is 0.810. The van der Waals surface area contributed by atoms with Crippen LogP contribution in [0.5, 0.6) is 0 Å². The Kier molecular flexibility index (Phi) is 3.56. The molecule has 0 aliphatic carbocycles. The van der Waals surface area contributed by atoms with Crippen LogP contribution >= 0.6 is 0 Å². The van der Waals surface area contributed by atoms with E-state index in [-0.39, 0.29) is 23.2 Å². The van der Waals surface area contributed by atoms with Gasteiger partial charge in [-0.2, -0.15) is 4.31 Å². The average Bonchev–Trinajstić information content (AvgIpc) is 2.28. The Labute approximate surface area is 105 Å². The third kappa shape index (κ3) is 2.33. The van der Waals surface area contributed by atoms with Gasteiger partial charge in [-0.25, -0.2) is 12.8 Å². The first-order chi connectivity index (χ1) is 8.43. The SMILES string of the molecule is CC1COCCN1S(=O)(=O)c1ccc(N)cc1F. The van der Waals surface area contributed by atoms with Gasteiger partial charge in [-0.1, -0.05) is 0 Å². The second kappa shape index (κ2) is 4.83. The summed E-state index contributed by atoms with van der Waals surface area (Å²) in [7, 11) is -3.84. The maximum Gasteiger partial charge on any atom is 0.246 e. The lowest BCUT2D eigenvalue weighted by Gasteiger charge is -2.32. The number of nitrogens with two attached hydrogens (primary N) is 1. The van der Waals surface area contributed by atoms with Gasteiger partial charge in [-0.15, -0.1) is 0 Å². The number of nitrogen functional groups attached to an aromatic ring is 1. The lowest BCUT2D eigenvalue weighted by atomic mass is 10.3. The Bertz CT molecular complexity index is 547. The second-order valence-corrected chi connectivity index (χ2v) is 6.09. The number of benzene rings is 1. The van der Waals surface area contributed by atoms with E-state index in [1.165, 1.54) is 16.4 Å². The fraction of sp³-hybridized carbons (Fsp3) is 0.455. The molecule has 1 unspecified atom stereocenters. The Morgan fingerprint density at radius 3 is 2.83 bits per heavy atom. The average molecular weight is 274 g/mol. The van der Waals surface area contributed by atoms with E-state index in [1.54, 1.807) is 6.92 Å². The monoisotopic (exact) mass is 274 g/mol. The van der Waals surface area contributed by atoms with Crippen LogP contribution in [0.3, 0.4) is 0 Å². The van der Waals surface area contributed by atoms with Crippen LogP contribution in [-0.2, 0) is 14.8 Å². The third-order valence-electron chi connectivity index (χ3n) is 2.85. The molecule has 1 atom stereocenters. The number of anilines is 1. The minimum Gasteiger partial charge on any atom is -0.399 e. The van der Waals surface area contributed by atoms with E-state index in [0.29, 0.717) is 13.2 Å². The highest BCUT2D eigenvalue weighted by Crippen LogP contribution is 2.24. The topological polar surface area (TPSA) is 72.6 Å². The fourth-order valence-electron chi connectivity index (χ4n) is 1.92. The van der Waals surface area contributed by atoms with Crippen molar-refractivity contribution in [1.82, 2.24) is 4.31 Å². The summed E-state index contributed by atoms with van der Waals surface area (Å²) in [5, 5.41) is 0. The number of nitrogens with zero attached hydrogens (tertiary/aromatic N) is 1. The van der Waals surface area contributed by atoms with E-state index in [4.69, 9.17) is 10.5 Å². The molecule has 2 rings (SSSR count). The molecule has 7 heteroatoms. The summed E-state index contributed by atoms with van der Waals surface area (Å²) in [4.78, 5) is -0.342. The molecule has 1 aromatic carbocycles. The molecule has 2 N–H and O–H groups in total. The van der Waals surface area contributed by atoms with E-state index in [0.717, 1.165) is 6.07 Å². The molecule has 0 aromatic heterocycles. The molecule has 1 heterocycles. The predicted molar refractivity (Wildman–Crippen MR) is 65.0 cm³/mol. The molecule has 1 fully saturated rings. The van der Waals surface area contributed by atoms with Gasteiger partial charge < -0.3 is 10.5 Å². The van der Waals surface area contributed by atoms with Gasteiger partial charge in [-0.05, 0) is 25.1 Å². The number of morpholine rings is 1. The predicted octanol–water partition coefficient (Wildman–Crippen LogP) is 0.817. The minimum atomic E-state index is -3.84. The molecule has 0 amide bonds. The van der Waals surface area contributed by atoms with Crippen LogP contribution in [0.4, 0.5) is 10.1 Å². The smallest absolute Gasteiger partial charge is 0.246 e. The zero-order valence-electron chi connectivity index (χ0n) is 9.97. The maximum absolute atomic E-state index is 13.7. The lowest BCUT2D eigenvalue weighted by Crippen LogP contribution is -2.47. The van der Waals surface area contributed by atoms with E-state index >= 15 is 0 Å². The summed E-state index contributed by atoms with van der Waals surface area (Å²) in [6.07, 6.45) is 0. The Morgan fingerprint density at radius 2 is 2.22 bits per heavy atom. The fourth-order valence-corrected chi connectivity index (χ4v) is 3.57. The Balaban J connectivity index is 2.41. The molecule has 1 saturated heterocycles. The van der Waals surface area contributed by atoms with Crippen molar-refractivity contribution in [1.29, 1.82) is 0 Å². The van der Waals surface area contributed by atoms with Crippen LogP contribution in [0, 0.1) is 5.82 Å². The van der Waals surface area contributed by atoms with Crippen molar-refractivity contribution in [3.05, 3.63) is 24.0 Å². The molecule has 5 nitrogen and oxygen atoms in total. The molecule has 18 heavy (non-hydrogen) atoms. The highest BCUT2D eigenvalue weighted by atomic mass is 32.2. The standard InChI is InChI=1S/C11H15FN2O3S/c1-8-7-17-5-4-14(8)18(15,16)11-3-2-9(13)6-10(11)12/h2-3,6,8H,4-5,7,13H2,1H3. The first-order valence-electron chi connectivity index (χ1n) is 5.57. The van der Waals surface area contributed by atoms with Crippen molar-refractivity contribution in [2.45, 2.75) is 17.9 Å². The van der Waals surface area contributed by atoms with Crippen LogP contribution in [-0.4, -0.2) is 38.5 Å². The molecule has 1 aliphatic heterocycles. The number of hydrogen-bond acceptors (Lipinski definition) is 4. The van der Waals surface area contributed by atoms with Gasteiger partial charge in [0, 0.05) is 18.3 Å². The zero-order chi connectivity index (χ0) is 13.3. The van der Waals surface area contributed by atoms with Crippen molar-refractivity contribution >= 4 is 15.7 Å². The summed E-state index contributed by atoms with van der Waals surface area (Å²) in [5.74, 6) is -0.825. The summed E-state index contributed by atoms with van der Waals surface area (Å²) in [6.45, 7) is 2.59. The Morgan fingerprint density at radius 1 is 1.50 bits per heavy atom. The van der Waals surface area contributed by atoms with Gasteiger partial charge in [0.05, 0.1) is 13.2 Å². The van der Waals surface area contributed by atoms with Gasteiger partial charge in [0.15, 0.2) is 0 Å². The van der Waals surface area contributed by atoms with Crippen molar-refractivity contribution in [2.75, 3.05) is 25.5 Å². The van der Waals surface area contributed by atoms with Gasteiger partial charge in [0.25, 0.3) is 0 Å². The molecular formula is C11H15FN2O3S. The first-order valence-corrected chi connectivity index (χ1v) is 7.01. The van der Waals surface area contributed by atoms with Crippen LogP contribution in [0.15, 0.2) is 23.1 Å². The largest absolute Gasteiger partial charge is 0.399 e. The van der Waals surface area contributed by atoms with Crippen LogP contribution < -0.4 is 5.73 Å². The number of sulfonamides is 1. The summed E-state index contributed by atoms with van der Waals surface area (Å²) >= 11 is 0. The summed E-state index contributed by atoms with van der Waals surface area (Å²) in [5.41, 5.74) is 5.60. The highest BCUT2D eigenvalue weighted by Gasteiger charge is 2.33. The second-order valence-electron chi connectivity index (χ2n) is 4.23. The van der Waals surface area contributed by atoms with Gasteiger partial charge >= 0.3 is 0 Å². The number of ether oxygens (including phenoxy) is 1. The van der Waals surface area contributed by atoms with Crippen LogP contribution in [0.25, 0.3) is 0 Å². The number of rotatable bonds is 2. The Hall–Kier alpha value is -1.18. The molecule has 0 bridgehead atoms. The van der Waals surface area contributed by atoms with Crippen molar-refractivity contribution in [2.24, 2.45) is 0 Å². The van der Waals surface area contributed by atoms with Crippen molar-refractivity contribution in [3.63, 3.8) is 0 Å². The minimum absolute atomic E-state index is 0.196. The van der Waals surface area contributed by atoms with Crippen molar-refractivity contribution in [3.8, 4) is 0 Å². The van der Waals surface area contributed by atoms with E-state index in [9.17, 15) is 12.8 Å². The normalized spacial score (nSPS) is 22.0. The third-order valence-corrected chi connectivity index (χ3v) is 4.90. The summed E-state index contributed by atoms with van der Waals surface area (Å²) < 4.78 is 44.8. The first kappa shape index (κ1) is 13.3. The molecule has 100 valence electrons. The molecule has 0 radical (unpaired) electrons. The number of hydrogen-bond donors (Lipinski definition) is 1. The van der Waals surface area contributed by atoms with E-state index in [1.807, 2.05) is 0 Å². The lowest BCUT2D eigenvalue weighted by molar-refractivity contribution is 0.0392. The summed E-state index contributed by atoms with van der Waals surface area (Å²) in [6, 6.07) is 3.28. The van der Waals surface area contributed by atoms with Gasteiger partial charge in [0.2, 0.25) is 10.0 Å². The van der Waals surface area contributed by atoms with Gasteiger partial charge in [0.1, 0.15) is 10.7 Å². The highest BCUT2D eigenvalue weighted by molar-refractivity contribution is 7.89. The van der Waals surface area contributed by atoms with Crippen LogP contribution in [0.1, 0.15) is 6.92 Å². The number of halogens is 1.